The molecule has 2 amide bonds. The highest BCUT2D eigenvalue weighted by molar-refractivity contribution is 6.02. The second-order valence-corrected chi connectivity index (χ2v) is 9.51. The number of aliphatic carboxylic acids is 2. The van der Waals surface area contributed by atoms with Crippen LogP contribution in [0.2, 0.25) is 0 Å². The number of carboxylic acids is 2. The summed E-state index contributed by atoms with van der Waals surface area (Å²) in [5.74, 6) is -5.01. The summed E-state index contributed by atoms with van der Waals surface area (Å²) in [5.41, 5.74) is 12.4. The highest BCUT2D eigenvalue weighted by Gasteiger charge is 2.38. The highest BCUT2D eigenvalue weighted by Crippen LogP contribution is 2.35. The zero-order valence-electron chi connectivity index (χ0n) is 21.9. The van der Waals surface area contributed by atoms with Gasteiger partial charge < -0.3 is 41.4 Å². The summed E-state index contributed by atoms with van der Waals surface area (Å²) in [6.07, 6.45) is 0.803. The normalized spacial score (nSPS) is 17.1. The van der Waals surface area contributed by atoms with E-state index in [1.54, 1.807) is 18.2 Å². The Hall–Kier alpha value is -5.14. The number of aryl methyl sites for hydroxylation is 1. The summed E-state index contributed by atoms with van der Waals surface area (Å²) in [4.78, 5) is 67.4. The van der Waals surface area contributed by atoms with Crippen molar-refractivity contribution in [3.63, 3.8) is 0 Å². The molecule has 0 radical (unpaired) electrons. The number of guanidine groups is 1. The van der Waals surface area contributed by atoms with Gasteiger partial charge in [-0.2, -0.15) is 0 Å². The minimum atomic E-state index is -1.65. The monoisotopic (exact) mass is 567 g/mol. The fraction of sp³-hybridized carbons (Fsp3) is 0.333. The summed E-state index contributed by atoms with van der Waals surface area (Å²) < 4.78 is 11.6. The molecule has 0 aromatic heterocycles. The maximum absolute atomic E-state index is 13.7. The van der Waals surface area contributed by atoms with Gasteiger partial charge in [0.2, 0.25) is 5.91 Å². The Morgan fingerprint density at radius 3 is 2.61 bits per heavy atom. The molecule has 14 heteroatoms. The van der Waals surface area contributed by atoms with Crippen LogP contribution in [0.25, 0.3) is 0 Å². The molecule has 1 fully saturated rings. The van der Waals surface area contributed by atoms with Gasteiger partial charge in [0, 0.05) is 6.54 Å². The fourth-order valence-corrected chi connectivity index (χ4v) is 4.79. The lowest BCUT2D eigenvalue weighted by Gasteiger charge is -2.26. The average molecular weight is 568 g/mol. The van der Waals surface area contributed by atoms with Crippen molar-refractivity contribution in [2.24, 2.45) is 16.5 Å². The third-order valence-corrected chi connectivity index (χ3v) is 6.63. The summed E-state index contributed by atoms with van der Waals surface area (Å²) in [7, 11) is 0. The molecule has 2 heterocycles. The van der Waals surface area contributed by atoms with Crippen LogP contribution in [0.5, 0.6) is 11.5 Å². The number of nitrogens with two attached hydrogens (primary N) is 2. The number of aliphatic imine (C=N–C) groups is 1. The number of hydrogen-bond acceptors (Lipinski definition) is 8. The zero-order chi connectivity index (χ0) is 29.7. The van der Waals surface area contributed by atoms with Crippen molar-refractivity contribution >= 4 is 41.4 Å². The Balaban J connectivity index is 1.59. The van der Waals surface area contributed by atoms with Crippen LogP contribution < -0.4 is 26.3 Å². The van der Waals surface area contributed by atoms with Crippen LogP contribution in [-0.4, -0.2) is 76.0 Å². The van der Waals surface area contributed by atoms with Gasteiger partial charge in [0.15, 0.2) is 17.5 Å². The van der Waals surface area contributed by atoms with Gasteiger partial charge in [-0.25, -0.2) is 14.6 Å². The van der Waals surface area contributed by atoms with E-state index >= 15 is 0 Å². The standard InChI is InChI=1S/C27H29N5O9/c28-27(29)30-15-8-9-16-14(12-15)4-3-11-40-22-17(5-1-7-20(22)41-26(16)39)24(36)32-10-2-6-19(32)23(35)31-18(25(37)38)13-21(33)34/h1,5,7-9,12,18-19H,2-4,6,10-11,13H2,(H,31,35)(H,33,34)(H,37,38)(H4,28,29,30)/t18-,19-/m0/s1. The van der Waals surface area contributed by atoms with Gasteiger partial charge in [0.25, 0.3) is 5.91 Å². The third-order valence-electron chi connectivity index (χ3n) is 6.63. The molecule has 216 valence electrons. The molecule has 1 saturated heterocycles. The van der Waals surface area contributed by atoms with Crippen molar-refractivity contribution in [3.8, 4) is 11.5 Å². The van der Waals surface area contributed by atoms with E-state index in [0.717, 1.165) is 0 Å². The van der Waals surface area contributed by atoms with E-state index < -0.39 is 48.2 Å². The van der Waals surface area contributed by atoms with E-state index in [4.69, 9.17) is 26.0 Å². The second kappa shape index (κ2) is 12.4. The van der Waals surface area contributed by atoms with Gasteiger partial charge in [0.05, 0.1) is 29.8 Å². The largest absolute Gasteiger partial charge is 0.489 e. The van der Waals surface area contributed by atoms with Crippen molar-refractivity contribution in [1.82, 2.24) is 10.2 Å². The molecule has 0 unspecified atom stereocenters. The molecule has 0 saturated carbocycles. The highest BCUT2D eigenvalue weighted by atomic mass is 16.6. The number of nitrogens with zero attached hydrogens (tertiary/aromatic N) is 2. The quantitative estimate of drug-likeness (QED) is 0.136. The number of para-hydroxylation sites is 1. The van der Waals surface area contributed by atoms with Gasteiger partial charge in [-0.05, 0) is 61.6 Å². The van der Waals surface area contributed by atoms with Crippen LogP contribution in [0.15, 0.2) is 41.4 Å². The van der Waals surface area contributed by atoms with Crippen molar-refractivity contribution in [3.05, 3.63) is 53.1 Å². The molecule has 2 aromatic rings. The first-order chi connectivity index (χ1) is 19.5. The molecule has 7 N–H and O–H groups in total. The van der Waals surface area contributed by atoms with Crippen LogP contribution in [0.4, 0.5) is 5.69 Å². The Kier molecular flexibility index (Phi) is 8.70. The Morgan fingerprint density at radius 1 is 1.12 bits per heavy atom. The molecule has 4 rings (SSSR count). The van der Waals surface area contributed by atoms with E-state index in [-0.39, 0.29) is 42.6 Å². The van der Waals surface area contributed by atoms with E-state index in [9.17, 15) is 29.1 Å². The average Bonchev–Trinajstić information content (AvgIpc) is 3.40. The molecular formula is C27H29N5O9. The third kappa shape index (κ3) is 6.72. The van der Waals surface area contributed by atoms with Gasteiger partial charge in [0.1, 0.15) is 12.1 Å². The number of hydrogen-bond donors (Lipinski definition) is 5. The maximum Gasteiger partial charge on any atom is 0.343 e. The van der Waals surface area contributed by atoms with Gasteiger partial charge in [-0.1, -0.05) is 6.07 Å². The lowest BCUT2D eigenvalue weighted by atomic mass is 10.0. The van der Waals surface area contributed by atoms with Crippen molar-refractivity contribution < 1.29 is 43.7 Å². The molecule has 2 aromatic carbocycles. The number of likely N-dealkylation sites (tertiary alicyclic amines) is 1. The number of carbonyl (C=O) groups excluding carboxylic acids is 3. The van der Waals surface area contributed by atoms with Crippen molar-refractivity contribution in [2.45, 2.75) is 44.2 Å². The zero-order valence-corrected chi connectivity index (χ0v) is 21.9. The van der Waals surface area contributed by atoms with Crippen LogP contribution >= 0.6 is 0 Å². The minimum absolute atomic E-state index is 0.00889. The number of ether oxygens (including phenoxy) is 2. The van der Waals surface area contributed by atoms with Gasteiger partial charge in [-0.15, -0.1) is 0 Å². The van der Waals surface area contributed by atoms with Crippen LogP contribution in [-0.2, 0) is 20.8 Å². The molecule has 14 nitrogen and oxygen atoms in total. The van der Waals surface area contributed by atoms with E-state index in [0.29, 0.717) is 36.1 Å². The number of esters is 1. The first kappa shape index (κ1) is 28.9. The molecule has 0 bridgehead atoms. The first-order valence-electron chi connectivity index (χ1n) is 12.8. The van der Waals surface area contributed by atoms with Crippen molar-refractivity contribution in [1.29, 1.82) is 0 Å². The Labute approximate surface area is 233 Å². The first-order valence-corrected chi connectivity index (χ1v) is 12.8. The molecule has 0 spiro atoms. The predicted octanol–water partition coefficient (Wildman–Crippen LogP) is 0.784. The topological polar surface area (TPSA) is 224 Å². The summed E-state index contributed by atoms with van der Waals surface area (Å²) in [5, 5.41) is 20.5. The van der Waals surface area contributed by atoms with Gasteiger partial charge >= 0.3 is 17.9 Å². The number of amides is 2. The molecule has 2 aliphatic heterocycles. The smallest absolute Gasteiger partial charge is 0.343 e. The van der Waals surface area contributed by atoms with Crippen LogP contribution in [0.3, 0.4) is 0 Å². The fourth-order valence-electron chi connectivity index (χ4n) is 4.79. The number of benzene rings is 2. The summed E-state index contributed by atoms with van der Waals surface area (Å²) in [6, 6.07) is 6.61. The van der Waals surface area contributed by atoms with Crippen LogP contribution in [0.1, 0.15) is 52.0 Å². The summed E-state index contributed by atoms with van der Waals surface area (Å²) >= 11 is 0. The number of carboxylic acid groups (broad SMARTS) is 2. The van der Waals surface area contributed by atoms with E-state index in [2.05, 4.69) is 10.3 Å². The lowest BCUT2D eigenvalue weighted by molar-refractivity contribution is -0.147. The number of fused-ring (bicyclic) bond motifs is 2. The number of carbonyl (C=O) groups is 5. The van der Waals surface area contributed by atoms with Crippen molar-refractivity contribution in [2.75, 3.05) is 13.2 Å². The molecule has 41 heavy (non-hydrogen) atoms. The second-order valence-electron chi connectivity index (χ2n) is 9.51. The Morgan fingerprint density at radius 2 is 1.90 bits per heavy atom. The van der Waals surface area contributed by atoms with E-state index in [1.807, 2.05) is 0 Å². The summed E-state index contributed by atoms with van der Waals surface area (Å²) in [6.45, 7) is 0.364. The van der Waals surface area contributed by atoms with Crippen LogP contribution in [0, 0.1) is 0 Å². The maximum atomic E-state index is 13.7. The number of rotatable bonds is 7. The Bertz CT molecular complexity index is 1420. The lowest BCUT2D eigenvalue weighted by Crippen LogP contribution is -2.51. The molecule has 0 aliphatic carbocycles. The van der Waals surface area contributed by atoms with E-state index in [1.165, 1.54) is 23.1 Å². The van der Waals surface area contributed by atoms with Gasteiger partial charge in [-0.3, -0.25) is 14.4 Å². The predicted molar refractivity (Wildman–Crippen MR) is 143 cm³/mol. The number of nitrogens with one attached hydrogen (secondary N) is 1. The minimum Gasteiger partial charge on any atom is -0.489 e. The molecule has 2 atom stereocenters. The molecule has 2 aliphatic rings. The SMILES string of the molecule is NC(N)=Nc1ccc2c(c1)CCCOc1c(cccc1C(=O)N1CCC[C@H]1C(=O)N[C@@H](CC(=O)O)C(=O)O)OC2=O. The molecular weight excluding hydrogens is 538 g/mol.